The molecule has 1 aliphatic heterocycles. The van der Waals surface area contributed by atoms with E-state index < -0.39 is 5.41 Å². The Morgan fingerprint density at radius 3 is 1.70 bits per heavy atom. The van der Waals surface area contributed by atoms with Crippen LogP contribution in [0.2, 0.25) is 0 Å². The van der Waals surface area contributed by atoms with Crippen molar-refractivity contribution in [3.8, 4) is 56.0 Å². The lowest BCUT2D eigenvalue weighted by Gasteiger charge is -2.39. The number of fused-ring (bicyclic) bond motifs is 13. The molecule has 13 rings (SSSR count). The van der Waals surface area contributed by atoms with Crippen LogP contribution < -0.4 is 9.64 Å². The number of hydrogen-bond acceptors (Lipinski definition) is 2. The molecule has 2 heteroatoms. The number of nitrogens with zero attached hydrogens (tertiary/aromatic N) is 1. The zero-order valence-corrected chi connectivity index (χ0v) is 35.7. The van der Waals surface area contributed by atoms with E-state index in [1.807, 2.05) is 0 Å². The molecule has 3 aliphatic rings. The Kier molecular flexibility index (Phi) is 7.90. The summed E-state index contributed by atoms with van der Waals surface area (Å²) >= 11 is 0. The highest BCUT2D eigenvalue weighted by molar-refractivity contribution is 6.06. The minimum absolute atomic E-state index is 0.143. The van der Waals surface area contributed by atoms with Crippen molar-refractivity contribution in [2.75, 3.05) is 4.90 Å². The molecule has 64 heavy (non-hydrogen) atoms. The van der Waals surface area contributed by atoms with Crippen molar-refractivity contribution < 1.29 is 4.74 Å². The maximum atomic E-state index is 6.63. The lowest BCUT2D eigenvalue weighted by atomic mass is 9.66. The molecule has 0 amide bonds. The van der Waals surface area contributed by atoms with Gasteiger partial charge in [0, 0.05) is 33.5 Å². The van der Waals surface area contributed by atoms with Crippen molar-refractivity contribution in [2.45, 2.75) is 24.7 Å². The Bertz CT molecular complexity index is 3460. The van der Waals surface area contributed by atoms with E-state index in [4.69, 9.17) is 4.74 Å². The van der Waals surface area contributed by atoms with Gasteiger partial charge in [0.15, 0.2) is 0 Å². The molecule has 0 saturated heterocycles. The van der Waals surface area contributed by atoms with Gasteiger partial charge in [-0.2, -0.15) is 0 Å². The number of para-hydroxylation sites is 2. The zero-order chi connectivity index (χ0) is 42.6. The minimum atomic E-state index is -0.519. The Balaban J connectivity index is 1.02. The average molecular weight is 818 g/mol. The van der Waals surface area contributed by atoms with Gasteiger partial charge in [-0.1, -0.05) is 196 Å². The van der Waals surface area contributed by atoms with Crippen LogP contribution in [0, 0.1) is 0 Å². The monoisotopic (exact) mass is 817 g/mol. The largest absolute Gasteiger partial charge is 0.457 e. The van der Waals surface area contributed by atoms with Crippen LogP contribution in [-0.2, 0) is 10.8 Å². The molecule has 0 saturated carbocycles. The topological polar surface area (TPSA) is 12.5 Å². The van der Waals surface area contributed by atoms with E-state index in [1.54, 1.807) is 0 Å². The van der Waals surface area contributed by atoms with Gasteiger partial charge in [0.1, 0.15) is 11.5 Å². The normalized spacial score (nSPS) is 14.2. The van der Waals surface area contributed by atoms with Gasteiger partial charge in [0.2, 0.25) is 0 Å². The molecule has 0 bridgehead atoms. The van der Waals surface area contributed by atoms with Crippen molar-refractivity contribution in [2.24, 2.45) is 0 Å². The molecule has 0 fully saturated rings. The van der Waals surface area contributed by atoms with Gasteiger partial charge in [-0.3, -0.25) is 0 Å². The van der Waals surface area contributed by atoms with Gasteiger partial charge in [0.25, 0.3) is 0 Å². The fourth-order valence-corrected chi connectivity index (χ4v) is 11.5. The van der Waals surface area contributed by atoms with E-state index in [1.165, 1.54) is 88.7 Å². The fourth-order valence-electron chi connectivity index (χ4n) is 11.5. The van der Waals surface area contributed by atoms with E-state index >= 15 is 0 Å². The van der Waals surface area contributed by atoms with Crippen LogP contribution in [-0.4, -0.2) is 0 Å². The van der Waals surface area contributed by atoms with Gasteiger partial charge in [-0.25, -0.2) is 0 Å². The lowest BCUT2D eigenvalue weighted by Crippen LogP contribution is -2.32. The van der Waals surface area contributed by atoms with E-state index in [-0.39, 0.29) is 5.41 Å². The van der Waals surface area contributed by atoms with Crippen LogP contribution in [0.3, 0.4) is 0 Å². The van der Waals surface area contributed by atoms with Gasteiger partial charge >= 0.3 is 0 Å². The summed E-state index contributed by atoms with van der Waals surface area (Å²) in [6.45, 7) is 4.73. The summed E-state index contributed by atoms with van der Waals surface area (Å²) < 4.78 is 6.63. The maximum Gasteiger partial charge on any atom is 0.132 e. The van der Waals surface area contributed by atoms with Crippen molar-refractivity contribution in [1.82, 2.24) is 0 Å². The highest BCUT2D eigenvalue weighted by Crippen LogP contribution is 2.63. The van der Waals surface area contributed by atoms with Gasteiger partial charge < -0.3 is 9.64 Å². The van der Waals surface area contributed by atoms with E-state index in [0.717, 1.165) is 28.6 Å². The molecule has 1 spiro atoms. The molecule has 10 aromatic carbocycles. The Morgan fingerprint density at radius 2 is 0.938 bits per heavy atom. The average Bonchev–Trinajstić information content (AvgIpc) is 3.77. The smallest absolute Gasteiger partial charge is 0.132 e. The quantitative estimate of drug-likeness (QED) is 0.172. The molecule has 0 N–H and O–H groups in total. The molecule has 2 nitrogen and oxygen atoms in total. The summed E-state index contributed by atoms with van der Waals surface area (Å²) in [7, 11) is 0. The van der Waals surface area contributed by atoms with Crippen molar-refractivity contribution in [3.63, 3.8) is 0 Å². The molecular weight excluding hydrogens is 775 g/mol. The van der Waals surface area contributed by atoms with Gasteiger partial charge in [-0.15, -0.1) is 0 Å². The van der Waals surface area contributed by atoms with E-state index in [0.29, 0.717) is 0 Å². The number of benzene rings is 10. The second-order valence-electron chi connectivity index (χ2n) is 17.9. The maximum absolute atomic E-state index is 6.63. The molecule has 302 valence electrons. The number of ether oxygens (including phenoxy) is 1. The van der Waals surface area contributed by atoms with Crippen molar-refractivity contribution in [1.29, 1.82) is 0 Å². The number of anilines is 3. The van der Waals surface area contributed by atoms with Crippen molar-refractivity contribution in [3.05, 3.63) is 258 Å². The predicted molar refractivity (Wildman–Crippen MR) is 264 cm³/mol. The highest BCUT2D eigenvalue weighted by Gasteiger charge is 2.51. The standard InChI is InChI=1S/C62H43NO/c1-61(2)50-24-10-8-21-47(50)48-37-36-44(39-55(48)61)63(56-38-33-40-17-6-7-20-45(40)59(56)42-18-4-3-5-19-42)43-34-31-41(32-35-43)46-23-16-28-54-60(46)49-22-9-11-25-51(49)62(54)52-26-12-14-29-57(52)64-58-30-15-13-27-53(58)62/h3-39H,1-2H3. The second-order valence-corrected chi connectivity index (χ2v) is 17.9. The molecule has 0 radical (unpaired) electrons. The second kappa shape index (κ2) is 13.8. The third kappa shape index (κ3) is 5.08. The third-order valence-electron chi connectivity index (χ3n) is 14.3. The first kappa shape index (κ1) is 36.7. The molecule has 0 unspecified atom stereocenters. The zero-order valence-electron chi connectivity index (χ0n) is 35.7. The summed E-state index contributed by atoms with van der Waals surface area (Å²) in [5.41, 5.74) is 20.3. The number of hydrogen-bond donors (Lipinski definition) is 0. The van der Waals surface area contributed by atoms with Crippen molar-refractivity contribution >= 4 is 27.8 Å². The molecule has 10 aromatic rings. The van der Waals surface area contributed by atoms with E-state index in [2.05, 4.69) is 243 Å². The van der Waals surface area contributed by atoms with Crippen LogP contribution >= 0.6 is 0 Å². The molecular formula is C62H43NO. The molecule has 0 aromatic heterocycles. The Hall–Kier alpha value is -7.94. The summed E-state index contributed by atoms with van der Waals surface area (Å²) in [6, 6.07) is 82.6. The SMILES string of the molecule is CC1(C)c2ccccc2-c2ccc(N(c3ccc(-c4cccc5c4-c4ccccc4C54c5ccccc5Oc5ccccc54)cc3)c3ccc4ccccc4c3-c3ccccc3)cc21. The predicted octanol–water partition coefficient (Wildman–Crippen LogP) is 16.4. The minimum Gasteiger partial charge on any atom is -0.457 e. The third-order valence-corrected chi connectivity index (χ3v) is 14.3. The van der Waals surface area contributed by atoms with E-state index in [9.17, 15) is 0 Å². The first-order valence-electron chi connectivity index (χ1n) is 22.3. The van der Waals surface area contributed by atoms with Gasteiger partial charge in [-0.05, 0) is 114 Å². The highest BCUT2D eigenvalue weighted by atomic mass is 16.5. The summed E-state index contributed by atoms with van der Waals surface area (Å²) in [5.74, 6) is 1.81. The summed E-state index contributed by atoms with van der Waals surface area (Å²) in [4.78, 5) is 2.48. The number of rotatable bonds is 5. The van der Waals surface area contributed by atoms with Gasteiger partial charge in [0.05, 0.1) is 11.1 Å². The van der Waals surface area contributed by atoms with Crippen LogP contribution in [0.25, 0.3) is 55.3 Å². The summed E-state index contributed by atoms with van der Waals surface area (Å²) in [6.07, 6.45) is 0. The van der Waals surface area contributed by atoms with Crippen LogP contribution in [0.15, 0.2) is 224 Å². The van der Waals surface area contributed by atoms with Crippen LogP contribution in [0.5, 0.6) is 11.5 Å². The molecule has 0 atom stereocenters. The summed E-state index contributed by atoms with van der Waals surface area (Å²) in [5, 5.41) is 2.45. The first-order valence-corrected chi connectivity index (χ1v) is 22.3. The Labute approximate surface area is 374 Å². The molecule has 1 heterocycles. The van der Waals surface area contributed by atoms with Crippen LogP contribution in [0.1, 0.15) is 47.2 Å². The Morgan fingerprint density at radius 1 is 0.359 bits per heavy atom. The lowest BCUT2D eigenvalue weighted by molar-refractivity contribution is 0.436. The molecule has 2 aliphatic carbocycles. The first-order chi connectivity index (χ1) is 31.5. The fraction of sp³-hybridized carbons (Fsp3) is 0.0645. The van der Waals surface area contributed by atoms with Crippen LogP contribution in [0.4, 0.5) is 17.1 Å².